The van der Waals surface area contributed by atoms with E-state index in [9.17, 15) is 0 Å². The normalized spacial score (nSPS) is 11.8. The molecule has 83 heavy (non-hydrogen) atoms. The van der Waals surface area contributed by atoms with E-state index in [-0.39, 0.29) is 0 Å². The summed E-state index contributed by atoms with van der Waals surface area (Å²) in [6.07, 6.45) is 0. The summed E-state index contributed by atoms with van der Waals surface area (Å²) in [6.45, 7) is 4.58. The molecule has 0 amide bonds. The molecule has 4 nitrogen and oxygen atoms in total. The van der Waals surface area contributed by atoms with Crippen LogP contribution in [0.15, 0.2) is 294 Å². The van der Waals surface area contributed by atoms with E-state index in [1.165, 1.54) is 27.1 Å². The summed E-state index contributed by atoms with van der Waals surface area (Å²) in [5, 5.41) is 11.3. The van der Waals surface area contributed by atoms with E-state index < -0.39 is 0 Å². The molecule has 392 valence electrons. The first-order valence-electron chi connectivity index (χ1n) is 28.7. The minimum atomic E-state index is 0.341. The second kappa shape index (κ2) is 19.5. The number of para-hydroxylation sites is 4. The van der Waals surface area contributed by atoms with Crippen molar-refractivity contribution in [2.45, 2.75) is 19.8 Å². The first kappa shape index (κ1) is 48.2. The van der Waals surface area contributed by atoms with E-state index in [1.54, 1.807) is 0 Å². The van der Waals surface area contributed by atoms with E-state index >= 15 is 0 Å². The molecule has 0 spiro atoms. The number of nitrogens with zero attached hydrogens (tertiary/aromatic N) is 2. The van der Waals surface area contributed by atoms with Crippen LogP contribution in [0.1, 0.15) is 25.3 Å². The molecule has 16 rings (SSSR count). The summed E-state index contributed by atoms with van der Waals surface area (Å²) in [6, 6.07) is 104. The van der Waals surface area contributed by atoms with Crippen LogP contribution in [0, 0.1) is 0 Å². The molecule has 0 saturated carbocycles. The predicted molar refractivity (Wildman–Crippen MR) is 350 cm³/mol. The summed E-state index contributed by atoms with van der Waals surface area (Å²) < 4.78 is 14.3. The van der Waals surface area contributed by atoms with Gasteiger partial charge in [0.15, 0.2) is 11.2 Å². The Morgan fingerprint density at radius 2 is 0.663 bits per heavy atom. The Balaban J connectivity index is 1.09. The lowest BCUT2D eigenvalue weighted by atomic mass is 9.88. The van der Waals surface area contributed by atoms with E-state index in [4.69, 9.17) is 8.83 Å². The van der Waals surface area contributed by atoms with Crippen LogP contribution in [0.2, 0.25) is 0 Å². The predicted octanol–water partition coefficient (Wildman–Crippen LogP) is 23.1. The molecule has 4 heteroatoms. The fraction of sp³-hybridized carbons (Fsp3) is 0.0380. The lowest BCUT2D eigenvalue weighted by Crippen LogP contribution is -2.16. The smallest absolute Gasteiger partial charge is 0.159 e. The number of anilines is 6. The Kier molecular flexibility index (Phi) is 11.4. The standard InChI is InChI=1S/C79H54N2O2/c1-50(2)59-45-57-37-41-64-72(80(70-33-19-31-62-60-29-15-17-35-74(60)82-78(62)70)68-43-39-55(51-21-7-3-8-22-51)47-66(68)53-25-11-5-12-26-53)49-73(65-42-38-58(46-59)76(57)77(64)65)81(71-34-20-32-63-61-30-16-18-36-75(61)83-79(63)71)69-44-40-56(52-23-9-4-10-24-52)48-67(69)54-27-13-6-14-28-54/h3-50H,1-2H3. The lowest BCUT2D eigenvalue weighted by molar-refractivity contribution is 0.669. The van der Waals surface area contributed by atoms with Gasteiger partial charge in [-0.3, -0.25) is 0 Å². The molecule has 0 aliphatic heterocycles. The van der Waals surface area contributed by atoms with Crippen LogP contribution >= 0.6 is 0 Å². The summed E-state index contributed by atoms with van der Waals surface area (Å²) in [5.41, 5.74) is 19.4. The van der Waals surface area contributed by atoms with Gasteiger partial charge < -0.3 is 18.6 Å². The van der Waals surface area contributed by atoms with Crippen LogP contribution in [-0.2, 0) is 0 Å². The van der Waals surface area contributed by atoms with Crippen molar-refractivity contribution >= 4 is 110 Å². The van der Waals surface area contributed by atoms with Crippen LogP contribution in [0.25, 0.3) is 121 Å². The van der Waals surface area contributed by atoms with Crippen molar-refractivity contribution in [2.24, 2.45) is 0 Å². The fourth-order valence-electron chi connectivity index (χ4n) is 13.0. The highest BCUT2D eigenvalue weighted by Crippen LogP contribution is 2.55. The number of hydrogen-bond donors (Lipinski definition) is 0. The molecule has 16 aromatic rings. The lowest BCUT2D eigenvalue weighted by Gasteiger charge is -2.34. The maximum atomic E-state index is 7.15. The molecule has 0 unspecified atom stereocenters. The molecular weight excluding hydrogens is 1010 g/mol. The Hall–Kier alpha value is -10.7. The minimum absolute atomic E-state index is 0.341. The first-order valence-corrected chi connectivity index (χ1v) is 28.7. The molecule has 0 atom stereocenters. The van der Waals surface area contributed by atoms with Gasteiger partial charge in [0.1, 0.15) is 11.2 Å². The molecular formula is C79H54N2O2. The molecule has 0 aliphatic carbocycles. The number of benzene rings is 14. The van der Waals surface area contributed by atoms with E-state index in [1.807, 2.05) is 0 Å². The van der Waals surface area contributed by atoms with E-state index in [0.29, 0.717) is 5.92 Å². The van der Waals surface area contributed by atoms with Gasteiger partial charge in [-0.15, -0.1) is 0 Å². The Morgan fingerprint density at radius 3 is 1.10 bits per heavy atom. The van der Waals surface area contributed by atoms with Crippen LogP contribution in [0.3, 0.4) is 0 Å². The average Bonchev–Trinajstić information content (AvgIpc) is 2.64. The van der Waals surface area contributed by atoms with Crippen molar-refractivity contribution in [1.29, 1.82) is 0 Å². The van der Waals surface area contributed by atoms with Crippen LogP contribution in [0.4, 0.5) is 34.1 Å². The zero-order valence-electron chi connectivity index (χ0n) is 45.9. The molecule has 0 fully saturated rings. The number of furan rings is 2. The number of fused-ring (bicyclic) bond motifs is 6. The van der Waals surface area contributed by atoms with Gasteiger partial charge in [0.25, 0.3) is 0 Å². The van der Waals surface area contributed by atoms with Crippen molar-refractivity contribution in [3.63, 3.8) is 0 Å². The van der Waals surface area contributed by atoms with Crippen molar-refractivity contribution in [2.75, 3.05) is 9.80 Å². The molecule has 0 radical (unpaired) electrons. The van der Waals surface area contributed by atoms with Crippen molar-refractivity contribution in [1.82, 2.24) is 0 Å². The van der Waals surface area contributed by atoms with Crippen molar-refractivity contribution in [3.8, 4) is 44.5 Å². The highest BCUT2D eigenvalue weighted by atomic mass is 16.3. The summed E-state index contributed by atoms with van der Waals surface area (Å²) in [4.78, 5) is 4.99. The van der Waals surface area contributed by atoms with Crippen LogP contribution < -0.4 is 9.80 Å². The van der Waals surface area contributed by atoms with E-state index in [0.717, 1.165) is 133 Å². The highest BCUT2D eigenvalue weighted by molar-refractivity contribution is 6.30. The maximum absolute atomic E-state index is 7.15. The van der Waals surface area contributed by atoms with Crippen LogP contribution in [-0.4, -0.2) is 0 Å². The van der Waals surface area contributed by atoms with Gasteiger partial charge in [0, 0.05) is 48.8 Å². The fourth-order valence-corrected chi connectivity index (χ4v) is 13.0. The van der Waals surface area contributed by atoms with E-state index in [2.05, 4.69) is 309 Å². The Morgan fingerprint density at radius 1 is 0.265 bits per heavy atom. The second-order valence-electron chi connectivity index (χ2n) is 22.1. The molecule has 2 heterocycles. The Bertz CT molecular complexity index is 4810. The molecule has 2 aromatic heterocycles. The molecule has 14 aromatic carbocycles. The van der Waals surface area contributed by atoms with Gasteiger partial charge in [0.05, 0.1) is 34.1 Å². The number of hydrogen-bond acceptors (Lipinski definition) is 4. The Labute approximate surface area is 481 Å². The third-order valence-corrected chi connectivity index (χ3v) is 17.0. The topological polar surface area (TPSA) is 32.8 Å². The average molecular weight is 1060 g/mol. The second-order valence-corrected chi connectivity index (χ2v) is 22.1. The summed E-state index contributed by atoms with van der Waals surface area (Å²) >= 11 is 0. The zero-order valence-corrected chi connectivity index (χ0v) is 45.9. The summed E-state index contributed by atoms with van der Waals surface area (Å²) in [7, 11) is 0. The molecule has 0 aliphatic rings. The van der Waals surface area contributed by atoms with Gasteiger partial charge >= 0.3 is 0 Å². The first-order chi connectivity index (χ1) is 41.0. The minimum Gasteiger partial charge on any atom is -0.454 e. The number of rotatable bonds is 11. The van der Waals surface area contributed by atoms with Crippen molar-refractivity contribution < 1.29 is 8.83 Å². The monoisotopic (exact) mass is 1060 g/mol. The molecule has 0 saturated heterocycles. The van der Waals surface area contributed by atoms with Gasteiger partial charge in [-0.2, -0.15) is 0 Å². The summed E-state index contributed by atoms with van der Waals surface area (Å²) in [5.74, 6) is 0.341. The SMILES string of the molecule is CC(C)c1cc2ccc3c(N(c4ccc(-c5ccccc5)cc4-c4ccccc4)c4cccc5c4oc4ccccc45)cc(N(c4ccc(-c5ccccc5)cc4-c4ccccc4)c4cccc5c4oc4ccccc45)c4ccc(c1)c2c34. The van der Waals surface area contributed by atoms with Crippen LogP contribution in [0.5, 0.6) is 0 Å². The van der Waals surface area contributed by atoms with Gasteiger partial charge in [0.2, 0.25) is 0 Å². The quantitative estimate of drug-likeness (QED) is 0.121. The highest BCUT2D eigenvalue weighted by Gasteiger charge is 2.31. The van der Waals surface area contributed by atoms with Gasteiger partial charge in [-0.25, -0.2) is 0 Å². The maximum Gasteiger partial charge on any atom is 0.159 e. The molecule has 0 bridgehead atoms. The third-order valence-electron chi connectivity index (χ3n) is 17.0. The largest absolute Gasteiger partial charge is 0.454 e. The third kappa shape index (κ3) is 7.97. The van der Waals surface area contributed by atoms with Crippen molar-refractivity contribution in [3.05, 3.63) is 291 Å². The zero-order chi connectivity index (χ0) is 55.1. The van der Waals surface area contributed by atoms with Gasteiger partial charge in [-0.05, 0) is 116 Å². The van der Waals surface area contributed by atoms with Gasteiger partial charge in [-0.1, -0.05) is 244 Å². The molecule has 0 N–H and O–H groups in total.